The van der Waals surface area contributed by atoms with Gasteiger partial charge in [0.2, 0.25) is 0 Å². The minimum absolute atomic E-state index is 0.149. The van der Waals surface area contributed by atoms with Gasteiger partial charge in [0.05, 0.1) is 31.1 Å². The van der Waals surface area contributed by atoms with Gasteiger partial charge in [-0.3, -0.25) is 4.79 Å². The van der Waals surface area contributed by atoms with E-state index >= 15 is 0 Å². The smallest absolute Gasteiger partial charge is 0.434 e. The quantitative estimate of drug-likeness (QED) is 0.563. The van der Waals surface area contributed by atoms with Gasteiger partial charge in [0.1, 0.15) is 17.1 Å². The number of hydrogen-bond acceptors (Lipinski definition) is 5. The molecule has 0 aliphatic rings. The van der Waals surface area contributed by atoms with Crippen molar-refractivity contribution in [3.05, 3.63) is 70.4 Å². The van der Waals surface area contributed by atoms with Crippen LogP contribution in [0.25, 0.3) is 5.69 Å². The molecule has 0 radical (unpaired) electrons. The molecular weight excluding hydrogens is 415 g/mol. The maximum absolute atomic E-state index is 13.9. The van der Waals surface area contributed by atoms with E-state index < -0.39 is 29.3 Å². The highest BCUT2D eigenvalue weighted by molar-refractivity contribution is 5.95. The van der Waals surface area contributed by atoms with Crippen molar-refractivity contribution >= 4 is 11.9 Å². The Bertz CT molecular complexity index is 1130. The molecule has 1 aromatic carbocycles. The molecule has 0 spiro atoms. The van der Waals surface area contributed by atoms with E-state index in [1.165, 1.54) is 26.3 Å². The summed E-state index contributed by atoms with van der Waals surface area (Å²) in [7, 11) is 2.55. The highest BCUT2D eigenvalue weighted by Gasteiger charge is 2.41. The van der Waals surface area contributed by atoms with Crippen LogP contribution in [0.1, 0.15) is 43.5 Å². The summed E-state index contributed by atoms with van der Waals surface area (Å²) in [6.07, 6.45) is -3.91. The Kier molecular flexibility index (Phi) is 5.92. The number of alkyl halides is 3. The molecule has 3 aromatic rings. The van der Waals surface area contributed by atoms with Gasteiger partial charge >= 0.3 is 12.1 Å². The number of hydrogen-bond donors (Lipinski definition) is 0. The summed E-state index contributed by atoms with van der Waals surface area (Å²) >= 11 is 0. The van der Waals surface area contributed by atoms with Crippen LogP contribution < -0.4 is 0 Å². The van der Waals surface area contributed by atoms with Gasteiger partial charge in [-0.05, 0) is 31.5 Å². The molecule has 0 unspecified atom stereocenters. The van der Waals surface area contributed by atoms with Gasteiger partial charge in [0.15, 0.2) is 5.69 Å². The van der Waals surface area contributed by atoms with Crippen molar-refractivity contribution in [2.45, 2.75) is 26.6 Å². The second-order valence-electron chi connectivity index (χ2n) is 6.94. The number of aromatic nitrogens is 2. The molecule has 0 atom stereocenters. The van der Waals surface area contributed by atoms with Gasteiger partial charge < -0.3 is 14.1 Å². The number of carbonyl (C=O) groups is 2. The van der Waals surface area contributed by atoms with Crippen molar-refractivity contribution in [2.24, 2.45) is 0 Å². The number of methoxy groups -OCH3 is 1. The highest BCUT2D eigenvalue weighted by atomic mass is 19.4. The van der Waals surface area contributed by atoms with Crippen molar-refractivity contribution in [2.75, 3.05) is 14.2 Å². The zero-order valence-corrected chi connectivity index (χ0v) is 17.3. The van der Waals surface area contributed by atoms with Crippen LogP contribution in [0.15, 0.2) is 40.9 Å². The van der Waals surface area contributed by atoms with Crippen LogP contribution in [0, 0.1) is 13.8 Å². The molecule has 1 amide bonds. The van der Waals surface area contributed by atoms with Crippen molar-refractivity contribution in [1.82, 2.24) is 14.7 Å². The van der Waals surface area contributed by atoms with Crippen LogP contribution in [0.2, 0.25) is 0 Å². The number of rotatable bonds is 5. The standard InChI is InChI=1S/C21H20F3N3O4/c1-12-7-5-6-8-17(12)27-18(21(22,23)24)16(10-25-27)19(28)26(3)11-14-9-15(13(2)31-14)20(29)30-4/h5-10H,11H2,1-4H3. The van der Waals surface area contributed by atoms with E-state index in [2.05, 4.69) is 9.84 Å². The van der Waals surface area contributed by atoms with Crippen LogP contribution in [-0.4, -0.2) is 40.7 Å². The Hall–Kier alpha value is -3.56. The van der Waals surface area contributed by atoms with Crippen LogP contribution in [0.3, 0.4) is 0 Å². The number of furan rings is 1. The van der Waals surface area contributed by atoms with Gasteiger partial charge in [-0.15, -0.1) is 0 Å². The molecule has 2 aromatic heterocycles. The molecule has 31 heavy (non-hydrogen) atoms. The maximum Gasteiger partial charge on any atom is 0.434 e. The first-order chi connectivity index (χ1) is 14.5. The molecule has 10 heteroatoms. The second-order valence-corrected chi connectivity index (χ2v) is 6.94. The molecule has 164 valence electrons. The van der Waals surface area contributed by atoms with Gasteiger partial charge in [-0.25, -0.2) is 9.48 Å². The predicted octanol–water partition coefficient (Wildman–Crippen LogP) is 4.16. The van der Waals surface area contributed by atoms with Crippen molar-refractivity contribution in [1.29, 1.82) is 0 Å². The van der Waals surface area contributed by atoms with Gasteiger partial charge in [0.25, 0.3) is 5.91 Å². The minimum atomic E-state index is -4.82. The number of para-hydroxylation sites is 1. The molecule has 0 bridgehead atoms. The highest BCUT2D eigenvalue weighted by Crippen LogP contribution is 2.35. The first-order valence-electron chi connectivity index (χ1n) is 9.19. The number of aryl methyl sites for hydroxylation is 2. The SMILES string of the molecule is COC(=O)c1cc(CN(C)C(=O)c2cnn(-c3ccccc3C)c2C(F)(F)F)oc1C. The zero-order valence-electron chi connectivity index (χ0n) is 17.3. The largest absolute Gasteiger partial charge is 0.465 e. The van der Waals surface area contributed by atoms with Crippen molar-refractivity contribution < 1.29 is 31.9 Å². The lowest BCUT2D eigenvalue weighted by atomic mass is 10.1. The Morgan fingerprint density at radius 1 is 1.19 bits per heavy atom. The first-order valence-corrected chi connectivity index (χ1v) is 9.19. The van der Waals surface area contributed by atoms with Crippen LogP contribution >= 0.6 is 0 Å². The number of halogens is 3. The lowest BCUT2D eigenvalue weighted by Gasteiger charge is -2.18. The Morgan fingerprint density at radius 2 is 1.87 bits per heavy atom. The summed E-state index contributed by atoms with van der Waals surface area (Å²) in [5.74, 6) is -0.985. The number of carbonyl (C=O) groups excluding carboxylic acids is 2. The lowest BCUT2D eigenvalue weighted by molar-refractivity contribution is -0.143. The van der Waals surface area contributed by atoms with E-state index in [4.69, 9.17) is 4.42 Å². The van der Waals surface area contributed by atoms with Crippen LogP contribution in [0.5, 0.6) is 0 Å². The van der Waals surface area contributed by atoms with E-state index in [1.54, 1.807) is 32.0 Å². The van der Waals surface area contributed by atoms with E-state index in [9.17, 15) is 22.8 Å². The van der Waals surface area contributed by atoms with E-state index in [-0.39, 0.29) is 29.3 Å². The number of benzene rings is 1. The average molecular weight is 435 g/mol. The molecule has 2 heterocycles. The number of nitrogens with zero attached hydrogens (tertiary/aromatic N) is 3. The average Bonchev–Trinajstić information content (AvgIpc) is 3.30. The summed E-state index contributed by atoms with van der Waals surface area (Å²) in [4.78, 5) is 25.6. The van der Waals surface area contributed by atoms with Crippen molar-refractivity contribution in [3.8, 4) is 5.69 Å². The van der Waals surface area contributed by atoms with Gasteiger partial charge in [0, 0.05) is 7.05 Å². The number of amides is 1. The van der Waals surface area contributed by atoms with Gasteiger partial charge in [-0.2, -0.15) is 18.3 Å². The summed E-state index contributed by atoms with van der Waals surface area (Å²) in [5, 5.41) is 3.84. The maximum atomic E-state index is 13.9. The number of esters is 1. The molecule has 0 fully saturated rings. The molecule has 0 aliphatic heterocycles. The molecule has 0 aliphatic carbocycles. The van der Waals surface area contributed by atoms with Gasteiger partial charge in [-0.1, -0.05) is 18.2 Å². The molecule has 7 nitrogen and oxygen atoms in total. The Labute approximate surface area is 176 Å². The molecular formula is C21H20F3N3O4. The Morgan fingerprint density at radius 3 is 2.48 bits per heavy atom. The summed E-state index contributed by atoms with van der Waals surface area (Å²) in [5.41, 5.74) is -0.772. The number of ether oxygens (including phenoxy) is 1. The van der Waals surface area contributed by atoms with Crippen LogP contribution in [-0.2, 0) is 17.5 Å². The Balaban J connectivity index is 1.95. The fourth-order valence-corrected chi connectivity index (χ4v) is 3.21. The topological polar surface area (TPSA) is 77.6 Å². The molecule has 3 rings (SSSR count). The van der Waals surface area contributed by atoms with E-state index in [0.29, 0.717) is 5.56 Å². The minimum Gasteiger partial charge on any atom is -0.465 e. The normalized spacial score (nSPS) is 11.5. The summed E-state index contributed by atoms with van der Waals surface area (Å²) in [6.45, 7) is 3.05. The second kappa shape index (κ2) is 8.29. The third-order valence-corrected chi connectivity index (χ3v) is 4.73. The first kappa shape index (κ1) is 22.1. The van der Waals surface area contributed by atoms with Crippen molar-refractivity contribution in [3.63, 3.8) is 0 Å². The summed E-state index contributed by atoms with van der Waals surface area (Å²) < 4.78 is 52.5. The zero-order chi connectivity index (χ0) is 22.9. The molecule has 0 saturated heterocycles. The monoisotopic (exact) mass is 435 g/mol. The fraction of sp³-hybridized carbons (Fsp3) is 0.286. The van der Waals surface area contributed by atoms with E-state index in [0.717, 1.165) is 15.8 Å². The molecule has 0 N–H and O–H groups in total. The van der Waals surface area contributed by atoms with Crippen LogP contribution in [0.4, 0.5) is 13.2 Å². The predicted molar refractivity (Wildman–Crippen MR) is 104 cm³/mol. The lowest BCUT2D eigenvalue weighted by Crippen LogP contribution is -2.28. The fourth-order valence-electron chi connectivity index (χ4n) is 3.21. The summed E-state index contributed by atoms with van der Waals surface area (Å²) in [6, 6.07) is 7.84. The molecule has 0 saturated carbocycles. The van der Waals surface area contributed by atoms with E-state index in [1.807, 2.05) is 0 Å². The third-order valence-electron chi connectivity index (χ3n) is 4.73. The third kappa shape index (κ3) is 4.32.